The van der Waals surface area contributed by atoms with Gasteiger partial charge in [-0.2, -0.15) is 0 Å². The Morgan fingerprint density at radius 3 is 2.58 bits per heavy atom. The van der Waals surface area contributed by atoms with Crippen LogP contribution in [0.2, 0.25) is 0 Å². The van der Waals surface area contributed by atoms with Crippen LogP contribution in [0.1, 0.15) is 11.1 Å². The zero-order valence-corrected chi connectivity index (χ0v) is 11.7. The molecule has 0 aliphatic carbocycles. The van der Waals surface area contributed by atoms with Crippen LogP contribution in [0.25, 0.3) is 0 Å². The number of hydrogen-bond donors (Lipinski definition) is 1. The van der Waals surface area contributed by atoms with Crippen molar-refractivity contribution in [2.75, 3.05) is 34.3 Å². The van der Waals surface area contributed by atoms with Crippen LogP contribution in [-0.2, 0) is 11.3 Å². The minimum Gasteiger partial charge on any atom is -0.384 e. The summed E-state index contributed by atoms with van der Waals surface area (Å²) in [5, 5.41) is 8.75. The van der Waals surface area contributed by atoms with Crippen molar-refractivity contribution in [3.05, 3.63) is 35.4 Å². The van der Waals surface area contributed by atoms with Gasteiger partial charge in [-0.1, -0.05) is 30.0 Å². The fraction of sp³-hybridized carbons (Fsp3) is 0.400. The molecule has 19 heavy (non-hydrogen) atoms. The molecule has 0 spiro atoms. The molecule has 0 bridgehead atoms. The Bertz CT molecular complexity index is 486. The highest BCUT2D eigenvalue weighted by atomic mass is 16.2. The van der Waals surface area contributed by atoms with Crippen LogP contribution in [-0.4, -0.2) is 55.1 Å². The maximum Gasteiger partial charge on any atom is 0.236 e. The van der Waals surface area contributed by atoms with E-state index < -0.39 is 0 Å². The molecule has 0 saturated heterocycles. The van der Waals surface area contributed by atoms with Gasteiger partial charge in [0.05, 0.1) is 6.54 Å². The Labute approximate surface area is 114 Å². The summed E-state index contributed by atoms with van der Waals surface area (Å²) in [5.74, 6) is 5.64. The maximum absolute atomic E-state index is 11.6. The van der Waals surface area contributed by atoms with Crippen molar-refractivity contribution in [3.8, 4) is 11.8 Å². The minimum atomic E-state index is -0.150. The number of likely N-dealkylation sites (N-methyl/N-ethyl adjacent to an activating group) is 2. The number of aliphatic hydroxyl groups excluding tert-OH is 1. The van der Waals surface area contributed by atoms with Crippen LogP contribution in [0.3, 0.4) is 0 Å². The molecule has 102 valence electrons. The third-order valence-electron chi connectivity index (χ3n) is 2.66. The van der Waals surface area contributed by atoms with Crippen LogP contribution in [0.5, 0.6) is 0 Å². The van der Waals surface area contributed by atoms with E-state index in [2.05, 4.69) is 11.8 Å². The van der Waals surface area contributed by atoms with Gasteiger partial charge >= 0.3 is 0 Å². The minimum absolute atomic E-state index is 0.0708. The van der Waals surface area contributed by atoms with Crippen molar-refractivity contribution in [1.29, 1.82) is 0 Å². The fourth-order valence-electron chi connectivity index (χ4n) is 1.63. The molecular weight excluding hydrogens is 240 g/mol. The van der Waals surface area contributed by atoms with Gasteiger partial charge in [0.2, 0.25) is 5.91 Å². The second-order valence-corrected chi connectivity index (χ2v) is 4.58. The van der Waals surface area contributed by atoms with Gasteiger partial charge in [-0.05, 0) is 18.7 Å². The summed E-state index contributed by atoms with van der Waals surface area (Å²) in [7, 11) is 5.39. The van der Waals surface area contributed by atoms with Crippen molar-refractivity contribution in [2.24, 2.45) is 0 Å². The van der Waals surface area contributed by atoms with E-state index in [9.17, 15) is 4.79 Å². The van der Waals surface area contributed by atoms with Gasteiger partial charge < -0.3 is 10.0 Å². The third kappa shape index (κ3) is 5.12. The topological polar surface area (TPSA) is 43.8 Å². The molecule has 0 radical (unpaired) electrons. The van der Waals surface area contributed by atoms with Gasteiger partial charge in [0.15, 0.2) is 0 Å². The van der Waals surface area contributed by atoms with Crippen molar-refractivity contribution in [1.82, 2.24) is 9.80 Å². The Hall–Kier alpha value is -1.83. The predicted molar refractivity (Wildman–Crippen MR) is 75.4 cm³/mol. The molecule has 4 heteroatoms. The molecule has 1 aromatic carbocycles. The predicted octanol–water partition coefficient (Wildman–Crippen LogP) is 0.550. The molecule has 1 amide bonds. The lowest BCUT2D eigenvalue weighted by Gasteiger charge is -2.19. The summed E-state index contributed by atoms with van der Waals surface area (Å²) in [6.07, 6.45) is 0. The zero-order chi connectivity index (χ0) is 14.3. The quantitative estimate of drug-likeness (QED) is 0.804. The van der Waals surface area contributed by atoms with Crippen LogP contribution in [0.15, 0.2) is 24.3 Å². The van der Waals surface area contributed by atoms with Gasteiger partial charge in [-0.3, -0.25) is 9.69 Å². The highest BCUT2D eigenvalue weighted by Crippen LogP contribution is 2.09. The molecule has 0 heterocycles. The maximum atomic E-state index is 11.6. The van der Waals surface area contributed by atoms with Crippen LogP contribution in [0.4, 0.5) is 0 Å². The summed E-state index contributed by atoms with van der Waals surface area (Å²) in [6.45, 7) is 0.869. The van der Waals surface area contributed by atoms with E-state index in [-0.39, 0.29) is 12.5 Å². The molecule has 0 aliphatic heterocycles. The van der Waals surface area contributed by atoms with E-state index in [1.54, 1.807) is 19.0 Å². The summed E-state index contributed by atoms with van der Waals surface area (Å²) in [6, 6.07) is 7.76. The first-order valence-electron chi connectivity index (χ1n) is 6.11. The van der Waals surface area contributed by atoms with Crippen LogP contribution >= 0.6 is 0 Å². The Kier molecular flexibility index (Phi) is 6.07. The monoisotopic (exact) mass is 260 g/mol. The van der Waals surface area contributed by atoms with E-state index in [0.717, 1.165) is 11.1 Å². The Balaban J connectivity index is 2.73. The van der Waals surface area contributed by atoms with E-state index >= 15 is 0 Å². The van der Waals surface area contributed by atoms with Crippen LogP contribution < -0.4 is 0 Å². The smallest absolute Gasteiger partial charge is 0.236 e. The van der Waals surface area contributed by atoms with Crippen molar-refractivity contribution >= 4 is 5.91 Å². The summed E-state index contributed by atoms with van der Waals surface area (Å²) in [4.78, 5) is 15.1. The number of amides is 1. The number of hydrogen-bond acceptors (Lipinski definition) is 3. The largest absolute Gasteiger partial charge is 0.384 e. The van der Waals surface area contributed by atoms with E-state index in [0.29, 0.717) is 13.1 Å². The van der Waals surface area contributed by atoms with Gasteiger partial charge in [0.25, 0.3) is 0 Å². The molecule has 4 nitrogen and oxygen atoms in total. The Morgan fingerprint density at radius 1 is 1.26 bits per heavy atom. The van der Waals surface area contributed by atoms with Crippen LogP contribution in [0, 0.1) is 11.8 Å². The molecule has 1 aromatic rings. The molecule has 0 aliphatic rings. The van der Waals surface area contributed by atoms with E-state index in [4.69, 9.17) is 5.11 Å². The molecule has 0 fully saturated rings. The molecular formula is C15H20N2O2. The summed E-state index contributed by atoms with van der Waals surface area (Å²) < 4.78 is 0. The van der Waals surface area contributed by atoms with E-state index in [1.807, 2.05) is 36.2 Å². The number of nitrogens with zero attached hydrogens (tertiary/aromatic N) is 2. The van der Waals surface area contributed by atoms with Gasteiger partial charge in [0, 0.05) is 26.2 Å². The lowest BCUT2D eigenvalue weighted by molar-refractivity contribution is -0.129. The van der Waals surface area contributed by atoms with Gasteiger partial charge in [-0.25, -0.2) is 0 Å². The SMILES string of the molecule is CN(CC(=O)N(C)C)Cc1ccccc1C#CCO. The highest BCUT2D eigenvalue weighted by Gasteiger charge is 2.10. The third-order valence-corrected chi connectivity index (χ3v) is 2.66. The van der Waals surface area contributed by atoms with Crippen molar-refractivity contribution < 1.29 is 9.90 Å². The first-order valence-corrected chi connectivity index (χ1v) is 6.11. The number of carbonyl (C=O) groups is 1. The lowest BCUT2D eigenvalue weighted by atomic mass is 10.1. The summed E-state index contributed by atoms with van der Waals surface area (Å²) in [5.41, 5.74) is 1.94. The molecule has 1 N–H and O–H groups in total. The van der Waals surface area contributed by atoms with Gasteiger partial charge in [0.1, 0.15) is 6.61 Å². The standard InChI is InChI=1S/C15H20N2O2/c1-16(2)15(19)12-17(3)11-14-8-5-4-7-13(14)9-6-10-18/h4-5,7-8,18H,10-12H2,1-3H3. The second kappa shape index (κ2) is 7.57. The molecule has 0 atom stereocenters. The summed E-state index contributed by atoms with van der Waals surface area (Å²) >= 11 is 0. The molecule has 0 saturated carbocycles. The number of rotatable bonds is 4. The molecule has 0 unspecified atom stereocenters. The molecule has 0 aromatic heterocycles. The van der Waals surface area contributed by atoms with Gasteiger partial charge in [-0.15, -0.1) is 0 Å². The number of benzene rings is 1. The molecule has 1 rings (SSSR count). The second-order valence-electron chi connectivity index (χ2n) is 4.58. The average Bonchev–Trinajstić information content (AvgIpc) is 2.37. The fourth-order valence-corrected chi connectivity index (χ4v) is 1.63. The number of carbonyl (C=O) groups excluding carboxylic acids is 1. The first kappa shape index (κ1) is 15.2. The Morgan fingerprint density at radius 2 is 1.95 bits per heavy atom. The van der Waals surface area contributed by atoms with E-state index in [1.165, 1.54) is 0 Å². The normalized spacial score (nSPS) is 9.95. The zero-order valence-electron chi connectivity index (χ0n) is 11.7. The lowest BCUT2D eigenvalue weighted by Crippen LogP contribution is -2.34. The number of aliphatic hydroxyl groups is 1. The average molecular weight is 260 g/mol. The first-order chi connectivity index (χ1) is 9.04. The van der Waals surface area contributed by atoms with Crippen molar-refractivity contribution in [2.45, 2.75) is 6.54 Å². The highest BCUT2D eigenvalue weighted by molar-refractivity contribution is 5.77. The van der Waals surface area contributed by atoms with Crippen molar-refractivity contribution in [3.63, 3.8) is 0 Å².